The van der Waals surface area contributed by atoms with Gasteiger partial charge in [-0.15, -0.1) is 0 Å². The van der Waals surface area contributed by atoms with Crippen LogP contribution in [-0.2, 0) is 10.1 Å². The van der Waals surface area contributed by atoms with Crippen molar-refractivity contribution in [1.82, 2.24) is 0 Å². The van der Waals surface area contributed by atoms with Gasteiger partial charge in [0.2, 0.25) is 0 Å². The van der Waals surface area contributed by atoms with E-state index >= 15 is 0 Å². The lowest BCUT2D eigenvalue weighted by atomic mass is 9.90. The van der Waals surface area contributed by atoms with Gasteiger partial charge in [-0.3, -0.25) is 9.59 Å². The number of Topliss-reactive ketones (excluding diaryl/α,β-unsaturated/α-hetero) is 1. The van der Waals surface area contributed by atoms with Crippen LogP contribution >= 0.6 is 0 Å². The summed E-state index contributed by atoms with van der Waals surface area (Å²) in [5.74, 6) is -1.77. The van der Waals surface area contributed by atoms with Gasteiger partial charge in [0.15, 0.2) is 11.6 Å². The van der Waals surface area contributed by atoms with Crippen molar-refractivity contribution in [3.63, 3.8) is 0 Å². The molecule has 9 heteroatoms. The number of carbonyl (C=O) groups excluding carboxylic acids is 2. The van der Waals surface area contributed by atoms with Crippen LogP contribution in [0.5, 0.6) is 5.75 Å². The monoisotopic (exact) mass is 320 g/mol. The second-order valence-corrected chi connectivity index (χ2v) is 5.75. The summed E-state index contributed by atoms with van der Waals surface area (Å²) in [5, 5.41) is 0. The second kappa shape index (κ2) is 4.69. The average Bonchev–Trinajstić information content (AvgIpc) is 2.34. The zero-order chi connectivity index (χ0) is 16.0. The molecule has 0 amide bonds. The number of hydrogen-bond donors (Lipinski definition) is 0. The summed E-state index contributed by atoms with van der Waals surface area (Å²) in [6.45, 7) is 1.36. The highest BCUT2D eigenvalue weighted by Crippen LogP contribution is 2.30. The van der Waals surface area contributed by atoms with Crippen molar-refractivity contribution in [1.29, 1.82) is 0 Å². The Morgan fingerprint density at radius 2 is 1.71 bits per heavy atom. The van der Waals surface area contributed by atoms with E-state index < -0.39 is 32.9 Å². The molecule has 2 rings (SSSR count). The van der Waals surface area contributed by atoms with Gasteiger partial charge in [0.05, 0.1) is 0 Å². The van der Waals surface area contributed by atoms with E-state index in [1.807, 2.05) is 0 Å². The van der Waals surface area contributed by atoms with Gasteiger partial charge in [-0.2, -0.15) is 21.6 Å². The number of benzene rings is 1. The molecule has 1 aromatic carbocycles. The molecule has 0 aromatic heterocycles. The van der Waals surface area contributed by atoms with Crippen LogP contribution in [0.3, 0.4) is 0 Å². The number of hydrogen-bond acceptors (Lipinski definition) is 5. The number of alkyl halides is 3. The molecule has 0 fully saturated rings. The van der Waals surface area contributed by atoms with E-state index in [0.29, 0.717) is 0 Å². The summed E-state index contributed by atoms with van der Waals surface area (Å²) in [6, 6.07) is 2.72. The summed E-state index contributed by atoms with van der Waals surface area (Å²) in [4.78, 5) is 23.5. The Bertz CT molecular complexity index is 775. The maximum absolute atomic E-state index is 12.2. The molecule has 0 saturated carbocycles. The third-order valence-corrected chi connectivity index (χ3v) is 3.68. The van der Waals surface area contributed by atoms with E-state index in [1.165, 1.54) is 6.92 Å². The van der Waals surface area contributed by atoms with Crippen LogP contribution in [0.25, 0.3) is 0 Å². The van der Waals surface area contributed by atoms with E-state index in [-0.39, 0.29) is 16.7 Å². The molecule has 0 atom stereocenters. The first-order chi connectivity index (χ1) is 9.53. The molecule has 0 bridgehead atoms. The number of carbonyl (C=O) groups is 2. The first-order valence-electron chi connectivity index (χ1n) is 5.45. The van der Waals surface area contributed by atoms with Crippen molar-refractivity contribution in [3.8, 4) is 5.75 Å². The maximum Gasteiger partial charge on any atom is 0.534 e. The third kappa shape index (κ3) is 2.68. The number of rotatable bonds is 2. The summed E-state index contributed by atoms with van der Waals surface area (Å²) in [5.41, 5.74) is -5.71. The summed E-state index contributed by atoms with van der Waals surface area (Å²) in [6.07, 6.45) is 1.09. The van der Waals surface area contributed by atoms with Crippen LogP contribution in [0.1, 0.15) is 27.6 Å². The number of allylic oxidation sites excluding steroid dienone is 2. The SMILES string of the molecule is CC1=CC(=O)c2ccc(OS(=O)(=O)C(F)(F)F)cc2C1=O. The van der Waals surface area contributed by atoms with Crippen LogP contribution < -0.4 is 4.18 Å². The Hall–Kier alpha value is -2.16. The normalized spacial score (nSPS) is 15.5. The second-order valence-electron chi connectivity index (χ2n) is 4.21. The molecule has 1 aliphatic carbocycles. The molecular formula is C12H7F3O5S. The minimum atomic E-state index is -5.83. The first-order valence-corrected chi connectivity index (χ1v) is 6.86. The Labute approximate surface area is 117 Å². The van der Waals surface area contributed by atoms with Crippen LogP contribution in [-0.4, -0.2) is 25.5 Å². The summed E-state index contributed by atoms with van der Waals surface area (Å²) >= 11 is 0. The third-order valence-electron chi connectivity index (χ3n) is 2.70. The fraction of sp³-hybridized carbons (Fsp3) is 0.167. The van der Waals surface area contributed by atoms with Crippen molar-refractivity contribution in [2.24, 2.45) is 0 Å². The molecule has 1 aromatic rings. The van der Waals surface area contributed by atoms with Gasteiger partial charge >= 0.3 is 15.6 Å². The van der Waals surface area contributed by atoms with Crippen LogP contribution in [0.4, 0.5) is 13.2 Å². The van der Waals surface area contributed by atoms with Crippen molar-refractivity contribution in [2.75, 3.05) is 0 Å². The lowest BCUT2D eigenvalue weighted by Gasteiger charge is -2.14. The van der Waals surface area contributed by atoms with Crippen molar-refractivity contribution < 1.29 is 35.4 Å². The van der Waals surface area contributed by atoms with Crippen molar-refractivity contribution in [3.05, 3.63) is 41.0 Å². The smallest absolute Gasteiger partial charge is 0.376 e. The molecular weight excluding hydrogens is 313 g/mol. The summed E-state index contributed by atoms with van der Waals surface area (Å²) < 4.78 is 62.3. The Kier molecular flexibility index (Phi) is 3.40. The van der Waals surface area contributed by atoms with Crippen molar-refractivity contribution >= 4 is 21.7 Å². The van der Waals surface area contributed by atoms with Gasteiger partial charge in [-0.25, -0.2) is 0 Å². The van der Waals surface area contributed by atoms with Gasteiger partial charge in [0.1, 0.15) is 5.75 Å². The number of halogens is 3. The molecule has 1 aliphatic rings. The number of fused-ring (bicyclic) bond motifs is 1. The van der Waals surface area contributed by atoms with E-state index in [9.17, 15) is 31.2 Å². The van der Waals surface area contributed by atoms with Crippen LogP contribution in [0, 0.1) is 0 Å². The Morgan fingerprint density at radius 3 is 2.29 bits per heavy atom. The predicted octanol–water partition coefficient (Wildman–Crippen LogP) is 2.24. The minimum absolute atomic E-state index is 0.0256. The molecule has 0 saturated heterocycles. The molecule has 0 unspecified atom stereocenters. The standard InChI is InChI=1S/C12H7F3O5S/c1-6-4-10(16)8-3-2-7(5-9(8)11(6)17)20-21(18,19)12(13,14)15/h2-5H,1H3. The fourth-order valence-electron chi connectivity index (χ4n) is 1.70. The highest BCUT2D eigenvalue weighted by molar-refractivity contribution is 7.88. The van der Waals surface area contributed by atoms with Gasteiger partial charge in [-0.1, -0.05) is 0 Å². The molecule has 5 nitrogen and oxygen atoms in total. The largest absolute Gasteiger partial charge is 0.534 e. The molecule has 0 spiro atoms. The molecule has 112 valence electrons. The highest BCUT2D eigenvalue weighted by atomic mass is 32.2. The quantitative estimate of drug-likeness (QED) is 0.617. The molecule has 21 heavy (non-hydrogen) atoms. The van der Waals surface area contributed by atoms with Gasteiger partial charge < -0.3 is 4.18 Å². The van der Waals surface area contributed by atoms with Crippen molar-refractivity contribution in [2.45, 2.75) is 12.4 Å². The van der Waals surface area contributed by atoms with Gasteiger partial charge in [0, 0.05) is 16.7 Å². The zero-order valence-corrected chi connectivity index (χ0v) is 11.2. The molecule has 0 heterocycles. The Balaban J connectivity index is 2.45. The lowest BCUT2D eigenvalue weighted by Crippen LogP contribution is -2.28. The topological polar surface area (TPSA) is 77.5 Å². The fourth-order valence-corrected chi connectivity index (χ4v) is 2.16. The van der Waals surface area contributed by atoms with E-state index in [0.717, 1.165) is 24.3 Å². The summed E-state index contributed by atoms with van der Waals surface area (Å²) in [7, 11) is -5.83. The minimum Gasteiger partial charge on any atom is -0.376 e. The zero-order valence-electron chi connectivity index (χ0n) is 10.4. The lowest BCUT2D eigenvalue weighted by molar-refractivity contribution is -0.0500. The predicted molar refractivity (Wildman–Crippen MR) is 64.5 cm³/mol. The molecule has 0 radical (unpaired) electrons. The van der Waals surface area contributed by atoms with E-state index in [4.69, 9.17) is 0 Å². The number of ketones is 2. The van der Waals surface area contributed by atoms with E-state index in [1.54, 1.807) is 0 Å². The van der Waals surface area contributed by atoms with Crippen LogP contribution in [0.15, 0.2) is 29.8 Å². The average molecular weight is 320 g/mol. The molecule has 0 N–H and O–H groups in total. The maximum atomic E-state index is 12.2. The first kappa shape index (κ1) is 15.2. The van der Waals surface area contributed by atoms with Gasteiger partial charge in [0.25, 0.3) is 0 Å². The van der Waals surface area contributed by atoms with E-state index in [2.05, 4.69) is 4.18 Å². The Morgan fingerprint density at radius 1 is 1.10 bits per heavy atom. The van der Waals surface area contributed by atoms with Gasteiger partial charge in [-0.05, 0) is 31.2 Å². The van der Waals surface area contributed by atoms with Crippen LogP contribution in [0.2, 0.25) is 0 Å². The highest BCUT2D eigenvalue weighted by Gasteiger charge is 2.48. The molecule has 0 aliphatic heterocycles.